The molecule has 0 spiro atoms. The van der Waals surface area contributed by atoms with Gasteiger partial charge in [0, 0.05) is 12.7 Å². The van der Waals surface area contributed by atoms with Crippen LogP contribution in [0.3, 0.4) is 0 Å². The predicted octanol–water partition coefficient (Wildman–Crippen LogP) is 1.61. The number of nitriles is 2. The van der Waals surface area contributed by atoms with Crippen LogP contribution in [0.5, 0.6) is 0 Å². The van der Waals surface area contributed by atoms with Crippen LogP contribution in [-0.4, -0.2) is 18.1 Å². The van der Waals surface area contributed by atoms with Gasteiger partial charge in [0.15, 0.2) is 5.57 Å². The first-order chi connectivity index (χ1) is 8.13. The summed E-state index contributed by atoms with van der Waals surface area (Å²) in [7, 11) is 1.74. The summed E-state index contributed by atoms with van der Waals surface area (Å²) in [5.74, 6) is -1.40. The molecule has 5 heteroatoms. The Labute approximate surface area is 98.2 Å². The first kappa shape index (κ1) is 12.3. The van der Waals surface area contributed by atoms with Crippen molar-refractivity contribution in [1.29, 1.82) is 10.5 Å². The van der Waals surface area contributed by atoms with Crippen molar-refractivity contribution in [3.05, 3.63) is 35.4 Å². The molecule has 0 unspecified atom stereocenters. The maximum absolute atomic E-state index is 10.8. The maximum Gasteiger partial charge on any atom is 0.347 e. The third-order valence-corrected chi connectivity index (χ3v) is 2.15. The zero-order valence-electron chi connectivity index (χ0n) is 9.06. The number of aliphatic carboxylic acids is 1. The summed E-state index contributed by atoms with van der Waals surface area (Å²) in [5.41, 5.74) is 0.553. The smallest absolute Gasteiger partial charge is 0.347 e. The quantitative estimate of drug-likeness (QED) is 0.604. The van der Waals surface area contributed by atoms with Gasteiger partial charge in [0.2, 0.25) is 0 Å². The Bertz CT molecular complexity index is 545. The van der Waals surface area contributed by atoms with Crippen LogP contribution in [0.4, 0.5) is 5.69 Å². The lowest BCUT2D eigenvalue weighted by molar-refractivity contribution is -0.132. The van der Waals surface area contributed by atoms with E-state index >= 15 is 0 Å². The fourth-order valence-electron chi connectivity index (χ4n) is 1.28. The van der Waals surface area contributed by atoms with Gasteiger partial charge < -0.3 is 10.4 Å². The van der Waals surface area contributed by atoms with Crippen molar-refractivity contribution >= 4 is 17.2 Å². The highest BCUT2D eigenvalue weighted by atomic mass is 16.4. The average Bonchev–Trinajstić information content (AvgIpc) is 2.35. The van der Waals surface area contributed by atoms with E-state index in [0.717, 1.165) is 5.69 Å². The summed E-state index contributed by atoms with van der Waals surface area (Å²) in [5, 5.41) is 29.3. The first-order valence-electron chi connectivity index (χ1n) is 4.70. The van der Waals surface area contributed by atoms with Crippen LogP contribution < -0.4 is 5.32 Å². The minimum absolute atomic E-state index is 0.136. The molecule has 1 aromatic carbocycles. The number of hydrogen-bond acceptors (Lipinski definition) is 4. The molecular formula is C12H9N3O2. The number of carboxylic acid groups (broad SMARTS) is 1. The highest BCUT2D eigenvalue weighted by Crippen LogP contribution is 2.20. The summed E-state index contributed by atoms with van der Waals surface area (Å²) < 4.78 is 0. The first-order valence-corrected chi connectivity index (χ1v) is 4.70. The summed E-state index contributed by atoms with van der Waals surface area (Å²) in [6.45, 7) is 0. The third kappa shape index (κ3) is 2.61. The molecule has 0 heterocycles. The van der Waals surface area contributed by atoms with Gasteiger partial charge in [0.25, 0.3) is 0 Å². The Balaban J connectivity index is 3.33. The Hall–Kier alpha value is -2.79. The molecule has 1 rings (SSSR count). The summed E-state index contributed by atoms with van der Waals surface area (Å²) in [4.78, 5) is 10.8. The Morgan fingerprint density at radius 1 is 1.24 bits per heavy atom. The molecular weight excluding hydrogens is 218 g/mol. The molecule has 0 atom stereocenters. The fourth-order valence-corrected chi connectivity index (χ4v) is 1.28. The highest BCUT2D eigenvalue weighted by molar-refractivity contribution is 6.03. The van der Waals surface area contributed by atoms with Crippen LogP contribution in [-0.2, 0) is 4.79 Å². The molecule has 2 N–H and O–H groups in total. The van der Waals surface area contributed by atoms with Gasteiger partial charge in [0.1, 0.15) is 12.1 Å². The second-order valence-electron chi connectivity index (χ2n) is 3.11. The van der Waals surface area contributed by atoms with Crippen molar-refractivity contribution < 1.29 is 9.90 Å². The van der Waals surface area contributed by atoms with Crippen molar-refractivity contribution in [3.8, 4) is 12.1 Å². The van der Waals surface area contributed by atoms with E-state index in [1.807, 2.05) is 0 Å². The molecule has 0 aromatic heterocycles. The van der Waals surface area contributed by atoms with Crippen LogP contribution in [0.1, 0.15) is 5.56 Å². The van der Waals surface area contributed by atoms with Crippen molar-refractivity contribution in [2.24, 2.45) is 0 Å². The third-order valence-electron chi connectivity index (χ3n) is 2.15. The molecule has 84 valence electrons. The van der Waals surface area contributed by atoms with Gasteiger partial charge in [-0.15, -0.1) is 0 Å². The lowest BCUT2D eigenvalue weighted by atomic mass is 10.0. The predicted molar refractivity (Wildman–Crippen MR) is 61.8 cm³/mol. The van der Waals surface area contributed by atoms with E-state index in [2.05, 4.69) is 5.32 Å². The number of nitrogens with zero attached hydrogens (tertiary/aromatic N) is 2. The van der Waals surface area contributed by atoms with E-state index in [1.54, 1.807) is 37.4 Å². The van der Waals surface area contributed by atoms with E-state index in [1.165, 1.54) is 6.07 Å². The number of hydrogen-bond donors (Lipinski definition) is 2. The van der Waals surface area contributed by atoms with Gasteiger partial charge in [-0.05, 0) is 17.7 Å². The number of rotatable bonds is 3. The number of anilines is 1. The minimum Gasteiger partial charge on any atom is -0.477 e. The fraction of sp³-hybridized carbons (Fsp3) is 0.0833. The average molecular weight is 227 g/mol. The summed E-state index contributed by atoms with van der Waals surface area (Å²) >= 11 is 0. The van der Waals surface area contributed by atoms with Crippen LogP contribution in [0.15, 0.2) is 29.8 Å². The van der Waals surface area contributed by atoms with Gasteiger partial charge in [0.05, 0.1) is 5.57 Å². The topological polar surface area (TPSA) is 96.9 Å². The molecule has 1 aromatic rings. The van der Waals surface area contributed by atoms with E-state index in [4.69, 9.17) is 15.6 Å². The Kier molecular flexibility index (Phi) is 3.86. The van der Waals surface area contributed by atoms with Crippen LogP contribution in [0, 0.1) is 22.7 Å². The highest BCUT2D eigenvalue weighted by Gasteiger charge is 2.15. The Morgan fingerprint density at radius 3 is 2.18 bits per heavy atom. The van der Waals surface area contributed by atoms with Gasteiger partial charge in [-0.3, -0.25) is 0 Å². The molecule has 0 saturated heterocycles. The van der Waals surface area contributed by atoms with Crippen LogP contribution in [0.25, 0.3) is 5.57 Å². The normalized spacial score (nSPS) is 10.8. The number of nitrogens with one attached hydrogen (secondary N) is 1. The lowest BCUT2D eigenvalue weighted by Gasteiger charge is -2.03. The second-order valence-corrected chi connectivity index (χ2v) is 3.11. The van der Waals surface area contributed by atoms with Crippen LogP contribution in [0.2, 0.25) is 0 Å². The molecule has 0 saturated carbocycles. The summed E-state index contributed by atoms with van der Waals surface area (Å²) in [6.07, 6.45) is 0. The molecule has 0 amide bonds. The van der Waals surface area contributed by atoms with E-state index < -0.39 is 11.5 Å². The number of allylic oxidation sites excluding steroid dienone is 1. The molecule has 0 bridgehead atoms. The molecule has 5 nitrogen and oxygen atoms in total. The van der Waals surface area contributed by atoms with Crippen molar-refractivity contribution in [2.75, 3.05) is 12.4 Å². The molecule has 0 aliphatic carbocycles. The summed E-state index contributed by atoms with van der Waals surface area (Å²) in [6, 6.07) is 9.84. The standard InChI is InChI=1S/C12H9N3O2/c1-15-9-4-2-8(3-5-9)10(6-13)11(7-14)12(16)17/h2-5,15H,1H3,(H,16,17)/b11-10+. The zero-order chi connectivity index (χ0) is 12.8. The Morgan fingerprint density at radius 2 is 1.82 bits per heavy atom. The van der Waals surface area contributed by atoms with Crippen molar-refractivity contribution in [2.45, 2.75) is 0 Å². The number of carboxylic acids is 1. The molecule has 0 fully saturated rings. The van der Waals surface area contributed by atoms with E-state index in [9.17, 15) is 4.79 Å². The van der Waals surface area contributed by atoms with Gasteiger partial charge in [-0.25, -0.2) is 4.79 Å². The SMILES string of the molecule is CNc1ccc(/C(C#N)=C(\C#N)C(=O)O)cc1. The lowest BCUT2D eigenvalue weighted by Crippen LogP contribution is -2.01. The molecule has 17 heavy (non-hydrogen) atoms. The molecule has 0 radical (unpaired) electrons. The van der Waals surface area contributed by atoms with Crippen molar-refractivity contribution in [3.63, 3.8) is 0 Å². The zero-order valence-corrected chi connectivity index (χ0v) is 9.06. The largest absolute Gasteiger partial charge is 0.477 e. The number of benzene rings is 1. The minimum atomic E-state index is -1.40. The van der Waals surface area contributed by atoms with Gasteiger partial charge in [-0.1, -0.05) is 12.1 Å². The van der Waals surface area contributed by atoms with E-state index in [-0.39, 0.29) is 5.57 Å². The van der Waals surface area contributed by atoms with Crippen molar-refractivity contribution in [1.82, 2.24) is 0 Å². The number of carbonyl (C=O) groups is 1. The van der Waals surface area contributed by atoms with Gasteiger partial charge in [-0.2, -0.15) is 10.5 Å². The van der Waals surface area contributed by atoms with Crippen LogP contribution >= 0.6 is 0 Å². The molecule has 0 aliphatic heterocycles. The van der Waals surface area contributed by atoms with E-state index in [0.29, 0.717) is 5.56 Å². The monoisotopic (exact) mass is 227 g/mol. The molecule has 0 aliphatic rings. The van der Waals surface area contributed by atoms with Gasteiger partial charge >= 0.3 is 5.97 Å². The second kappa shape index (κ2) is 5.34. The maximum atomic E-state index is 10.8.